The van der Waals surface area contributed by atoms with E-state index >= 15 is 0 Å². The number of carbonyl (C=O) groups excluding carboxylic acids is 1. The van der Waals surface area contributed by atoms with Gasteiger partial charge in [0.1, 0.15) is 11.6 Å². The number of anilines is 1. The number of benzene rings is 2. The van der Waals surface area contributed by atoms with E-state index in [2.05, 4.69) is 21.7 Å². The molecule has 0 atom stereocenters. The van der Waals surface area contributed by atoms with Crippen molar-refractivity contribution in [3.8, 4) is 5.75 Å². The van der Waals surface area contributed by atoms with Gasteiger partial charge in [0.05, 0.1) is 22.5 Å². The SMILES string of the molecule is CCn1c(CN2CCCC2)nc2cc(NC(=O)COc3ccc([N+](=O)[O-])cc3)ccc21. The van der Waals surface area contributed by atoms with Crippen LogP contribution in [0.15, 0.2) is 42.5 Å². The summed E-state index contributed by atoms with van der Waals surface area (Å²) in [4.78, 5) is 29.7. The molecule has 3 aromatic rings. The number of aromatic nitrogens is 2. The van der Waals surface area contributed by atoms with Crippen molar-refractivity contribution in [3.63, 3.8) is 0 Å². The minimum Gasteiger partial charge on any atom is -0.484 e. The van der Waals surface area contributed by atoms with E-state index in [0.717, 1.165) is 43.0 Å². The molecule has 0 bridgehead atoms. The third-order valence-corrected chi connectivity index (χ3v) is 5.41. The quantitative estimate of drug-likeness (QED) is 0.439. The molecular weight excluding hydrogens is 398 g/mol. The van der Waals surface area contributed by atoms with Gasteiger partial charge in [-0.05, 0) is 63.2 Å². The average Bonchev–Trinajstić information content (AvgIpc) is 3.39. The molecule has 9 nitrogen and oxygen atoms in total. The highest BCUT2D eigenvalue weighted by molar-refractivity contribution is 5.94. The highest BCUT2D eigenvalue weighted by Crippen LogP contribution is 2.23. The number of nitro groups is 1. The van der Waals surface area contributed by atoms with Gasteiger partial charge in [0.2, 0.25) is 0 Å². The number of amides is 1. The Hall–Kier alpha value is -3.46. The predicted molar refractivity (Wildman–Crippen MR) is 117 cm³/mol. The molecule has 1 amide bonds. The summed E-state index contributed by atoms with van der Waals surface area (Å²) in [5.74, 6) is 1.12. The molecule has 2 aromatic carbocycles. The van der Waals surface area contributed by atoms with Crippen molar-refractivity contribution in [1.82, 2.24) is 14.5 Å². The highest BCUT2D eigenvalue weighted by atomic mass is 16.6. The van der Waals surface area contributed by atoms with Crippen molar-refractivity contribution in [1.29, 1.82) is 0 Å². The number of nitro benzene ring substituents is 1. The lowest BCUT2D eigenvalue weighted by atomic mass is 10.2. The van der Waals surface area contributed by atoms with Crippen LogP contribution >= 0.6 is 0 Å². The van der Waals surface area contributed by atoms with Crippen molar-refractivity contribution in [3.05, 3.63) is 58.4 Å². The van der Waals surface area contributed by atoms with Crippen molar-refractivity contribution < 1.29 is 14.5 Å². The molecule has 2 heterocycles. The van der Waals surface area contributed by atoms with Crippen LogP contribution in [0.1, 0.15) is 25.6 Å². The van der Waals surface area contributed by atoms with Crippen molar-refractivity contribution in [2.45, 2.75) is 32.9 Å². The number of fused-ring (bicyclic) bond motifs is 1. The maximum absolute atomic E-state index is 12.3. The van der Waals surface area contributed by atoms with E-state index in [1.165, 1.54) is 37.1 Å². The van der Waals surface area contributed by atoms with Gasteiger partial charge in [-0.1, -0.05) is 0 Å². The van der Waals surface area contributed by atoms with E-state index in [-0.39, 0.29) is 18.2 Å². The Morgan fingerprint density at radius 3 is 2.61 bits per heavy atom. The second kappa shape index (κ2) is 9.13. The Labute approximate surface area is 179 Å². The molecular formula is C22H25N5O4. The molecule has 1 aliphatic heterocycles. The minimum atomic E-state index is -0.483. The van der Waals surface area contributed by atoms with Gasteiger partial charge in [-0.3, -0.25) is 19.8 Å². The van der Waals surface area contributed by atoms with Crippen molar-refractivity contribution in [2.24, 2.45) is 0 Å². The fourth-order valence-electron chi connectivity index (χ4n) is 3.88. The zero-order valence-electron chi connectivity index (χ0n) is 17.4. The largest absolute Gasteiger partial charge is 0.484 e. The number of non-ortho nitro benzene ring substituents is 1. The molecule has 4 rings (SSSR count). The Morgan fingerprint density at radius 2 is 1.94 bits per heavy atom. The van der Waals surface area contributed by atoms with Gasteiger partial charge in [0.25, 0.3) is 11.6 Å². The first-order valence-corrected chi connectivity index (χ1v) is 10.4. The van der Waals surface area contributed by atoms with E-state index in [9.17, 15) is 14.9 Å². The van der Waals surface area contributed by atoms with E-state index in [0.29, 0.717) is 11.4 Å². The van der Waals surface area contributed by atoms with Gasteiger partial charge in [-0.15, -0.1) is 0 Å². The number of aryl methyl sites for hydroxylation is 1. The van der Waals surface area contributed by atoms with Crippen molar-refractivity contribution >= 4 is 28.3 Å². The summed E-state index contributed by atoms with van der Waals surface area (Å²) in [5, 5.41) is 13.5. The Kier molecular flexibility index (Phi) is 6.13. The number of likely N-dealkylation sites (tertiary alicyclic amines) is 1. The molecule has 1 saturated heterocycles. The van der Waals surface area contributed by atoms with E-state index < -0.39 is 4.92 Å². The summed E-state index contributed by atoms with van der Waals surface area (Å²) in [7, 11) is 0. The summed E-state index contributed by atoms with van der Waals surface area (Å²) in [6.07, 6.45) is 2.48. The van der Waals surface area contributed by atoms with Gasteiger partial charge in [0.15, 0.2) is 6.61 Å². The zero-order chi connectivity index (χ0) is 21.8. The molecule has 0 radical (unpaired) electrons. The Balaban J connectivity index is 1.40. The molecule has 0 aliphatic carbocycles. The van der Waals surface area contributed by atoms with Gasteiger partial charge < -0.3 is 14.6 Å². The van der Waals surface area contributed by atoms with E-state index in [1.807, 2.05) is 18.2 Å². The number of nitrogens with one attached hydrogen (secondary N) is 1. The maximum Gasteiger partial charge on any atom is 0.269 e. The maximum atomic E-state index is 12.3. The molecule has 1 aromatic heterocycles. The van der Waals surface area contributed by atoms with Crippen LogP contribution < -0.4 is 10.1 Å². The molecule has 1 aliphatic rings. The van der Waals surface area contributed by atoms with E-state index in [1.54, 1.807) is 0 Å². The van der Waals surface area contributed by atoms with Crippen LogP contribution in [-0.4, -0.2) is 45.0 Å². The van der Waals surface area contributed by atoms with Crippen LogP contribution in [0.25, 0.3) is 11.0 Å². The molecule has 1 N–H and O–H groups in total. The highest BCUT2D eigenvalue weighted by Gasteiger charge is 2.17. The monoisotopic (exact) mass is 423 g/mol. The molecule has 31 heavy (non-hydrogen) atoms. The van der Waals surface area contributed by atoms with Crippen LogP contribution in [0.5, 0.6) is 5.75 Å². The van der Waals surface area contributed by atoms with Gasteiger partial charge in [-0.2, -0.15) is 0 Å². The second-order valence-electron chi connectivity index (χ2n) is 7.55. The van der Waals surface area contributed by atoms with Crippen molar-refractivity contribution in [2.75, 3.05) is 25.0 Å². The number of hydrogen-bond donors (Lipinski definition) is 1. The van der Waals surface area contributed by atoms with Gasteiger partial charge in [0, 0.05) is 24.4 Å². The topological polar surface area (TPSA) is 103 Å². The third-order valence-electron chi connectivity index (χ3n) is 5.41. The first-order chi connectivity index (χ1) is 15.0. The van der Waals surface area contributed by atoms with Gasteiger partial charge >= 0.3 is 0 Å². The third kappa shape index (κ3) is 4.83. The Bertz CT molecular complexity index is 1090. The summed E-state index contributed by atoms with van der Waals surface area (Å²) >= 11 is 0. The predicted octanol–water partition coefficient (Wildman–Crippen LogP) is 3.58. The average molecular weight is 423 g/mol. The smallest absolute Gasteiger partial charge is 0.269 e. The lowest BCUT2D eigenvalue weighted by Crippen LogP contribution is -2.21. The second-order valence-corrected chi connectivity index (χ2v) is 7.55. The number of ether oxygens (including phenoxy) is 1. The number of imidazole rings is 1. The molecule has 0 spiro atoms. The Morgan fingerprint density at radius 1 is 1.19 bits per heavy atom. The fourth-order valence-corrected chi connectivity index (χ4v) is 3.88. The standard InChI is InChI=1S/C22H25N5O4/c1-2-26-20-10-5-16(13-19(20)24-21(26)14-25-11-3-4-12-25)23-22(28)15-31-18-8-6-17(7-9-18)27(29)30/h5-10,13H,2-4,11-12,14-15H2,1H3,(H,23,28). The normalized spacial score (nSPS) is 14.1. The van der Waals surface area contributed by atoms with Crippen LogP contribution in [0.4, 0.5) is 11.4 Å². The number of nitrogens with zero attached hydrogens (tertiary/aromatic N) is 4. The minimum absolute atomic E-state index is 0.0271. The van der Waals surface area contributed by atoms with Crippen LogP contribution in [0.3, 0.4) is 0 Å². The lowest BCUT2D eigenvalue weighted by Gasteiger charge is -2.14. The lowest BCUT2D eigenvalue weighted by molar-refractivity contribution is -0.384. The molecule has 162 valence electrons. The van der Waals surface area contributed by atoms with Gasteiger partial charge in [-0.25, -0.2) is 4.98 Å². The first kappa shape index (κ1) is 20.8. The number of rotatable bonds is 8. The first-order valence-electron chi connectivity index (χ1n) is 10.4. The molecule has 1 fully saturated rings. The molecule has 9 heteroatoms. The molecule has 0 unspecified atom stereocenters. The number of carbonyl (C=O) groups is 1. The summed E-state index contributed by atoms with van der Waals surface area (Å²) in [5.41, 5.74) is 2.53. The number of hydrogen-bond acceptors (Lipinski definition) is 6. The summed E-state index contributed by atoms with van der Waals surface area (Å²) in [6.45, 7) is 5.83. The van der Waals surface area contributed by atoms with Crippen LogP contribution in [-0.2, 0) is 17.9 Å². The van der Waals surface area contributed by atoms with Crippen LogP contribution in [0, 0.1) is 10.1 Å². The van der Waals surface area contributed by atoms with Crippen LogP contribution in [0.2, 0.25) is 0 Å². The molecule has 0 saturated carbocycles. The van der Waals surface area contributed by atoms with E-state index in [4.69, 9.17) is 9.72 Å². The zero-order valence-corrected chi connectivity index (χ0v) is 17.4. The fraction of sp³-hybridized carbons (Fsp3) is 0.364. The summed E-state index contributed by atoms with van der Waals surface area (Å²) in [6, 6.07) is 11.3. The summed E-state index contributed by atoms with van der Waals surface area (Å²) < 4.78 is 7.64.